The van der Waals surface area contributed by atoms with Crippen LogP contribution in [0.3, 0.4) is 0 Å². The number of nitrogens with zero attached hydrogens (tertiary/aromatic N) is 2. The van der Waals surface area contributed by atoms with Crippen molar-refractivity contribution in [3.8, 4) is 11.3 Å². The van der Waals surface area contributed by atoms with E-state index in [1.807, 2.05) is 49.1 Å². The summed E-state index contributed by atoms with van der Waals surface area (Å²) in [4.78, 5) is 34.1. The number of carbonyl (C=O) groups is 2. The molecule has 1 N–H and O–H groups in total. The molecule has 0 bridgehead atoms. The van der Waals surface area contributed by atoms with Gasteiger partial charge in [-0.2, -0.15) is 0 Å². The van der Waals surface area contributed by atoms with Crippen LogP contribution in [0.15, 0.2) is 41.7 Å². The Bertz CT molecular complexity index is 770. The smallest absolute Gasteiger partial charge is 0.309 e. The minimum absolute atomic E-state index is 0.0833. The first-order valence-corrected chi connectivity index (χ1v) is 10.2. The molecule has 2 heterocycles. The number of rotatable bonds is 6. The van der Waals surface area contributed by atoms with Gasteiger partial charge in [0.15, 0.2) is 5.16 Å². The number of ether oxygens (including phenoxy) is 1. The molecule has 27 heavy (non-hydrogen) atoms. The Balaban J connectivity index is 1.53. The Morgan fingerprint density at radius 1 is 1.30 bits per heavy atom. The summed E-state index contributed by atoms with van der Waals surface area (Å²) in [6, 6.07) is 9.97. The number of carbonyl (C=O) groups excluding carboxylic acids is 2. The SMILES string of the molecule is CCOC(=O)C1CCN(C(=O)C(C)Sc2ncc(-c3ccccc3)[nH]2)CC1. The molecular weight excluding hydrogens is 362 g/mol. The topological polar surface area (TPSA) is 75.3 Å². The van der Waals surface area contributed by atoms with E-state index in [0.29, 0.717) is 32.5 Å². The number of piperidine rings is 1. The third-order valence-electron chi connectivity index (χ3n) is 4.70. The van der Waals surface area contributed by atoms with E-state index in [9.17, 15) is 9.59 Å². The van der Waals surface area contributed by atoms with E-state index < -0.39 is 0 Å². The lowest BCUT2D eigenvalue weighted by Gasteiger charge is -2.32. The van der Waals surface area contributed by atoms with Gasteiger partial charge >= 0.3 is 5.97 Å². The summed E-state index contributed by atoms with van der Waals surface area (Å²) in [6.07, 6.45) is 3.13. The predicted molar refractivity (Wildman–Crippen MR) is 105 cm³/mol. The first-order chi connectivity index (χ1) is 13.1. The quantitative estimate of drug-likeness (QED) is 0.608. The molecule has 144 valence electrons. The molecule has 1 saturated heterocycles. The number of hydrogen-bond acceptors (Lipinski definition) is 5. The summed E-state index contributed by atoms with van der Waals surface area (Å²) in [5, 5.41) is 0.495. The van der Waals surface area contributed by atoms with Crippen molar-refractivity contribution in [2.75, 3.05) is 19.7 Å². The summed E-state index contributed by atoms with van der Waals surface area (Å²) in [6.45, 7) is 5.31. The molecule has 1 aliphatic rings. The molecule has 1 aliphatic heterocycles. The number of benzene rings is 1. The molecule has 0 saturated carbocycles. The van der Waals surface area contributed by atoms with Crippen LogP contribution in [0.1, 0.15) is 26.7 Å². The van der Waals surface area contributed by atoms with Crippen molar-refractivity contribution in [3.05, 3.63) is 36.5 Å². The zero-order valence-corrected chi connectivity index (χ0v) is 16.5. The number of H-pyrrole nitrogens is 1. The van der Waals surface area contributed by atoms with Gasteiger partial charge in [-0.15, -0.1) is 0 Å². The maximum absolute atomic E-state index is 12.7. The maximum Gasteiger partial charge on any atom is 0.309 e. The Hall–Kier alpha value is -2.28. The lowest BCUT2D eigenvalue weighted by Crippen LogP contribution is -2.43. The summed E-state index contributed by atoms with van der Waals surface area (Å²) in [5.41, 5.74) is 2.00. The zero-order valence-electron chi connectivity index (χ0n) is 15.7. The highest BCUT2D eigenvalue weighted by Crippen LogP contribution is 2.27. The van der Waals surface area contributed by atoms with Crippen LogP contribution in [-0.2, 0) is 14.3 Å². The van der Waals surface area contributed by atoms with Crippen LogP contribution < -0.4 is 0 Å². The molecule has 7 heteroatoms. The molecule has 2 aromatic rings. The number of thioether (sulfide) groups is 1. The van der Waals surface area contributed by atoms with Crippen molar-refractivity contribution in [2.45, 2.75) is 37.1 Å². The minimum atomic E-state index is -0.237. The van der Waals surface area contributed by atoms with Gasteiger partial charge in [0.05, 0.1) is 29.7 Å². The molecule has 0 radical (unpaired) electrons. The lowest BCUT2D eigenvalue weighted by atomic mass is 9.97. The first kappa shape index (κ1) is 19.5. The van der Waals surface area contributed by atoms with Gasteiger partial charge in [-0.25, -0.2) is 4.98 Å². The number of likely N-dealkylation sites (tertiary alicyclic amines) is 1. The summed E-state index contributed by atoms with van der Waals surface area (Å²) in [7, 11) is 0. The number of esters is 1. The Morgan fingerprint density at radius 2 is 2.00 bits per heavy atom. The van der Waals surface area contributed by atoms with Crippen LogP contribution >= 0.6 is 11.8 Å². The van der Waals surface area contributed by atoms with Gasteiger partial charge in [-0.1, -0.05) is 42.1 Å². The highest BCUT2D eigenvalue weighted by atomic mass is 32.2. The third-order valence-corrected chi connectivity index (χ3v) is 5.69. The molecule has 3 rings (SSSR count). The van der Waals surface area contributed by atoms with Gasteiger partial charge < -0.3 is 14.6 Å². The lowest BCUT2D eigenvalue weighted by molar-refractivity contribution is -0.151. The first-order valence-electron chi connectivity index (χ1n) is 9.31. The van der Waals surface area contributed by atoms with Gasteiger partial charge in [0, 0.05) is 13.1 Å². The van der Waals surface area contributed by atoms with Crippen LogP contribution in [0.4, 0.5) is 0 Å². The minimum Gasteiger partial charge on any atom is -0.466 e. The predicted octanol–water partition coefficient (Wildman–Crippen LogP) is 3.36. The van der Waals surface area contributed by atoms with Crippen LogP contribution in [-0.4, -0.2) is 51.7 Å². The average molecular weight is 388 g/mol. The van der Waals surface area contributed by atoms with Gasteiger partial charge in [0.2, 0.25) is 5.91 Å². The second-order valence-corrected chi connectivity index (χ2v) is 7.91. The summed E-state index contributed by atoms with van der Waals surface area (Å²) < 4.78 is 5.08. The Kier molecular flexibility index (Phi) is 6.55. The number of imidazole rings is 1. The normalized spacial score (nSPS) is 16.1. The van der Waals surface area contributed by atoms with Crippen molar-refractivity contribution in [3.63, 3.8) is 0 Å². The molecule has 1 aromatic carbocycles. The molecule has 0 spiro atoms. The molecule has 1 fully saturated rings. The zero-order chi connectivity index (χ0) is 19.2. The van der Waals surface area contributed by atoms with Crippen LogP contribution in [0, 0.1) is 5.92 Å². The molecular formula is C20H25N3O3S. The van der Waals surface area contributed by atoms with Gasteiger partial charge in [0.1, 0.15) is 0 Å². The number of aromatic nitrogens is 2. The molecule has 1 unspecified atom stereocenters. The Morgan fingerprint density at radius 3 is 2.67 bits per heavy atom. The fourth-order valence-corrected chi connectivity index (χ4v) is 4.07. The number of nitrogens with one attached hydrogen (secondary N) is 1. The monoisotopic (exact) mass is 387 g/mol. The van der Waals surface area contributed by atoms with Crippen molar-refractivity contribution in [2.24, 2.45) is 5.92 Å². The number of aromatic amines is 1. The fourth-order valence-electron chi connectivity index (χ4n) is 3.20. The summed E-state index contributed by atoms with van der Waals surface area (Å²) >= 11 is 1.43. The van der Waals surface area contributed by atoms with E-state index in [2.05, 4.69) is 9.97 Å². The van der Waals surface area contributed by atoms with E-state index in [1.54, 1.807) is 6.20 Å². The second kappa shape index (κ2) is 9.08. The van der Waals surface area contributed by atoms with E-state index in [0.717, 1.165) is 16.4 Å². The average Bonchev–Trinajstić information content (AvgIpc) is 3.17. The van der Waals surface area contributed by atoms with E-state index >= 15 is 0 Å². The molecule has 1 aromatic heterocycles. The van der Waals surface area contributed by atoms with E-state index in [4.69, 9.17) is 4.74 Å². The van der Waals surface area contributed by atoms with Crippen LogP contribution in [0.2, 0.25) is 0 Å². The molecule has 6 nitrogen and oxygen atoms in total. The highest BCUT2D eigenvalue weighted by Gasteiger charge is 2.30. The van der Waals surface area contributed by atoms with Crippen LogP contribution in [0.25, 0.3) is 11.3 Å². The summed E-state index contributed by atoms with van der Waals surface area (Å²) in [5.74, 6) is -0.147. The largest absolute Gasteiger partial charge is 0.466 e. The van der Waals surface area contributed by atoms with Gasteiger partial charge in [-0.05, 0) is 32.3 Å². The molecule has 1 atom stereocenters. The van der Waals surface area contributed by atoms with E-state index in [1.165, 1.54) is 11.8 Å². The van der Waals surface area contributed by atoms with Gasteiger partial charge in [-0.3, -0.25) is 9.59 Å². The fraction of sp³-hybridized carbons (Fsp3) is 0.450. The van der Waals surface area contributed by atoms with Crippen molar-refractivity contribution in [1.29, 1.82) is 0 Å². The van der Waals surface area contributed by atoms with Crippen molar-refractivity contribution in [1.82, 2.24) is 14.9 Å². The Labute approximate surface area is 163 Å². The van der Waals surface area contributed by atoms with Gasteiger partial charge in [0.25, 0.3) is 0 Å². The second-order valence-electron chi connectivity index (χ2n) is 6.58. The molecule has 1 amide bonds. The molecule has 0 aliphatic carbocycles. The van der Waals surface area contributed by atoms with Crippen molar-refractivity contribution >= 4 is 23.6 Å². The van der Waals surface area contributed by atoms with E-state index in [-0.39, 0.29) is 23.0 Å². The maximum atomic E-state index is 12.7. The number of hydrogen-bond donors (Lipinski definition) is 1. The van der Waals surface area contributed by atoms with Crippen LogP contribution in [0.5, 0.6) is 0 Å². The standard InChI is InChI=1S/C20H25N3O3S/c1-3-26-19(25)16-9-11-23(12-10-16)18(24)14(2)27-20-21-13-17(22-20)15-7-5-4-6-8-15/h4-8,13-14,16H,3,9-12H2,1-2H3,(H,21,22). The third kappa shape index (κ3) is 4.91. The highest BCUT2D eigenvalue weighted by molar-refractivity contribution is 8.00. The number of amides is 1. The van der Waals surface area contributed by atoms with Crippen molar-refractivity contribution < 1.29 is 14.3 Å².